The molecule has 0 radical (unpaired) electrons. The van der Waals surface area contributed by atoms with E-state index in [9.17, 15) is 4.79 Å². The van der Waals surface area contributed by atoms with Gasteiger partial charge in [-0.1, -0.05) is 35.9 Å². The topological polar surface area (TPSA) is 67.8 Å². The van der Waals surface area contributed by atoms with Crippen LogP contribution < -0.4 is 5.32 Å². The number of para-hydroxylation sites is 1. The Balaban J connectivity index is 1.79. The van der Waals surface area contributed by atoms with Gasteiger partial charge in [-0.25, -0.2) is 9.97 Å². The zero-order valence-corrected chi connectivity index (χ0v) is 14.3. The van der Waals surface area contributed by atoms with Crippen LogP contribution in [-0.2, 0) is 0 Å². The summed E-state index contributed by atoms with van der Waals surface area (Å²) in [5, 5.41) is 4.07. The largest absolute Gasteiger partial charge is 0.307 e. The van der Waals surface area contributed by atoms with Gasteiger partial charge in [-0.15, -0.1) is 0 Å². The third-order valence-corrected chi connectivity index (χ3v) is 4.08. The summed E-state index contributed by atoms with van der Waals surface area (Å²) in [6.45, 7) is 0. The molecule has 0 aliphatic carbocycles. The average molecular weight is 361 g/mol. The number of hydrogen-bond donors (Lipinski definition) is 1. The highest BCUT2D eigenvalue weighted by molar-refractivity contribution is 6.30. The second-order valence-corrected chi connectivity index (χ2v) is 6.04. The average Bonchev–Trinajstić information content (AvgIpc) is 2.69. The molecule has 1 amide bonds. The number of fused-ring (bicyclic) bond motifs is 1. The van der Waals surface area contributed by atoms with Crippen molar-refractivity contribution in [3.63, 3.8) is 0 Å². The van der Waals surface area contributed by atoms with E-state index >= 15 is 0 Å². The monoisotopic (exact) mass is 360 g/mol. The molecule has 0 saturated carbocycles. The molecule has 126 valence electrons. The SMILES string of the molecule is O=C(Nc1ccc(Cl)cn1)c1cc(-c2ccccn2)nc2ccccc12. The number of anilines is 1. The summed E-state index contributed by atoms with van der Waals surface area (Å²) in [6.07, 6.45) is 3.19. The third-order valence-electron chi connectivity index (χ3n) is 3.86. The number of carbonyl (C=O) groups excluding carboxylic acids is 1. The lowest BCUT2D eigenvalue weighted by Gasteiger charge is -2.10. The predicted octanol–water partition coefficient (Wildman–Crippen LogP) is 4.60. The highest BCUT2D eigenvalue weighted by Gasteiger charge is 2.15. The van der Waals surface area contributed by atoms with Gasteiger partial charge in [-0.3, -0.25) is 9.78 Å². The van der Waals surface area contributed by atoms with E-state index in [4.69, 9.17) is 11.6 Å². The number of hydrogen-bond acceptors (Lipinski definition) is 4. The standard InChI is InChI=1S/C20H13ClN4O/c21-13-8-9-19(23-12-13)25-20(26)15-11-18(17-7-3-4-10-22-17)24-16-6-2-1-5-14(15)16/h1-12H,(H,23,25,26). The summed E-state index contributed by atoms with van der Waals surface area (Å²) in [7, 11) is 0. The van der Waals surface area contributed by atoms with Gasteiger partial charge in [0.25, 0.3) is 5.91 Å². The first-order valence-corrected chi connectivity index (χ1v) is 8.32. The first-order chi connectivity index (χ1) is 12.7. The molecule has 4 rings (SSSR count). The first kappa shape index (κ1) is 16.2. The van der Waals surface area contributed by atoms with Crippen molar-refractivity contribution in [2.75, 3.05) is 5.32 Å². The fourth-order valence-electron chi connectivity index (χ4n) is 2.64. The second kappa shape index (κ2) is 6.90. The summed E-state index contributed by atoms with van der Waals surface area (Å²) in [6, 6.07) is 18.2. The summed E-state index contributed by atoms with van der Waals surface area (Å²) in [4.78, 5) is 25.9. The van der Waals surface area contributed by atoms with Crippen LogP contribution in [0.4, 0.5) is 5.82 Å². The molecule has 26 heavy (non-hydrogen) atoms. The molecule has 4 aromatic rings. The number of aromatic nitrogens is 3. The quantitative estimate of drug-likeness (QED) is 0.580. The number of benzene rings is 1. The summed E-state index contributed by atoms with van der Waals surface area (Å²) in [5.74, 6) is 0.162. The van der Waals surface area contributed by atoms with E-state index in [1.54, 1.807) is 24.4 Å². The van der Waals surface area contributed by atoms with Gasteiger partial charge in [0.2, 0.25) is 0 Å². The van der Waals surface area contributed by atoms with E-state index in [1.807, 2.05) is 42.5 Å². The van der Waals surface area contributed by atoms with E-state index in [0.29, 0.717) is 27.8 Å². The Morgan fingerprint density at radius 3 is 2.54 bits per heavy atom. The lowest BCUT2D eigenvalue weighted by molar-refractivity contribution is 0.102. The van der Waals surface area contributed by atoms with Crippen LogP contribution in [0.5, 0.6) is 0 Å². The van der Waals surface area contributed by atoms with Crippen LogP contribution in [0.3, 0.4) is 0 Å². The van der Waals surface area contributed by atoms with Crippen LogP contribution in [0.1, 0.15) is 10.4 Å². The number of carbonyl (C=O) groups is 1. The van der Waals surface area contributed by atoms with Crippen LogP contribution in [0.2, 0.25) is 5.02 Å². The minimum absolute atomic E-state index is 0.268. The van der Waals surface area contributed by atoms with Crippen LogP contribution >= 0.6 is 11.6 Å². The molecule has 3 heterocycles. The Kier molecular flexibility index (Phi) is 4.29. The molecule has 0 bridgehead atoms. The lowest BCUT2D eigenvalue weighted by Crippen LogP contribution is -2.14. The van der Waals surface area contributed by atoms with E-state index in [2.05, 4.69) is 20.3 Å². The van der Waals surface area contributed by atoms with Crippen molar-refractivity contribution in [2.45, 2.75) is 0 Å². The van der Waals surface area contributed by atoms with Crippen LogP contribution in [0.25, 0.3) is 22.3 Å². The van der Waals surface area contributed by atoms with Crippen molar-refractivity contribution in [1.29, 1.82) is 0 Å². The Morgan fingerprint density at radius 1 is 0.923 bits per heavy atom. The number of halogens is 1. The van der Waals surface area contributed by atoms with Gasteiger partial charge in [0.05, 0.1) is 27.5 Å². The van der Waals surface area contributed by atoms with Gasteiger partial charge in [-0.05, 0) is 36.4 Å². The van der Waals surface area contributed by atoms with E-state index in [1.165, 1.54) is 6.20 Å². The van der Waals surface area contributed by atoms with E-state index in [-0.39, 0.29) is 5.91 Å². The first-order valence-electron chi connectivity index (χ1n) is 7.95. The van der Waals surface area contributed by atoms with Gasteiger partial charge < -0.3 is 5.32 Å². The molecule has 0 atom stereocenters. The highest BCUT2D eigenvalue weighted by Crippen LogP contribution is 2.24. The molecule has 1 N–H and O–H groups in total. The molecule has 6 heteroatoms. The molecule has 0 spiro atoms. The van der Waals surface area contributed by atoms with E-state index in [0.717, 1.165) is 10.9 Å². The Bertz CT molecular complexity index is 1080. The highest BCUT2D eigenvalue weighted by atomic mass is 35.5. The van der Waals surface area contributed by atoms with Crippen LogP contribution in [0.15, 0.2) is 73.1 Å². The number of rotatable bonds is 3. The predicted molar refractivity (Wildman–Crippen MR) is 102 cm³/mol. The minimum Gasteiger partial charge on any atom is -0.307 e. The maximum atomic E-state index is 12.9. The number of nitrogens with one attached hydrogen (secondary N) is 1. The number of nitrogens with zero attached hydrogens (tertiary/aromatic N) is 3. The fraction of sp³-hybridized carbons (Fsp3) is 0. The summed E-state index contributed by atoms with van der Waals surface area (Å²) < 4.78 is 0. The molecular formula is C20H13ClN4O. The van der Waals surface area contributed by atoms with Gasteiger partial charge in [0.15, 0.2) is 0 Å². The lowest BCUT2D eigenvalue weighted by atomic mass is 10.1. The zero-order valence-electron chi connectivity index (χ0n) is 13.6. The molecule has 0 saturated heterocycles. The number of amides is 1. The van der Waals surface area contributed by atoms with Crippen molar-refractivity contribution >= 4 is 34.2 Å². The normalized spacial score (nSPS) is 10.7. The van der Waals surface area contributed by atoms with Crippen molar-refractivity contribution in [1.82, 2.24) is 15.0 Å². The molecule has 5 nitrogen and oxygen atoms in total. The van der Waals surface area contributed by atoms with Gasteiger partial charge in [0, 0.05) is 17.8 Å². The Labute approximate surface area is 154 Å². The summed E-state index contributed by atoms with van der Waals surface area (Å²) in [5.41, 5.74) is 2.58. The van der Waals surface area contributed by atoms with Crippen molar-refractivity contribution < 1.29 is 4.79 Å². The maximum absolute atomic E-state index is 12.9. The fourth-order valence-corrected chi connectivity index (χ4v) is 2.75. The van der Waals surface area contributed by atoms with E-state index < -0.39 is 0 Å². The number of pyridine rings is 3. The Hall–Kier alpha value is -3.31. The molecular weight excluding hydrogens is 348 g/mol. The molecule has 0 aliphatic rings. The molecule has 1 aromatic carbocycles. The third kappa shape index (κ3) is 3.25. The smallest absolute Gasteiger partial charge is 0.257 e. The van der Waals surface area contributed by atoms with Crippen molar-refractivity contribution in [3.8, 4) is 11.4 Å². The minimum atomic E-state index is -0.268. The van der Waals surface area contributed by atoms with Gasteiger partial charge >= 0.3 is 0 Å². The Morgan fingerprint density at radius 2 is 1.77 bits per heavy atom. The summed E-state index contributed by atoms with van der Waals surface area (Å²) >= 11 is 5.84. The van der Waals surface area contributed by atoms with Crippen LogP contribution in [0, 0.1) is 0 Å². The second-order valence-electron chi connectivity index (χ2n) is 5.60. The molecule has 0 unspecified atom stereocenters. The van der Waals surface area contributed by atoms with Crippen molar-refractivity contribution in [2.24, 2.45) is 0 Å². The zero-order chi connectivity index (χ0) is 17.9. The molecule has 3 aromatic heterocycles. The van der Waals surface area contributed by atoms with Gasteiger partial charge in [-0.2, -0.15) is 0 Å². The van der Waals surface area contributed by atoms with Crippen molar-refractivity contribution in [3.05, 3.63) is 83.6 Å². The molecule has 0 fully saturated rings. The van der Waals surface area contributed by atoms with Crippen LogP contribution in [-0.4, -0.2) is 20.9 Å². The maximum Gasteiger partial charge on any atom is 0.257 e. The van der Waals surface area contributed by atoms with Gasteiger partial charge in [0.1, 0.15) is 5.82 Å². The molecule has 0 aliphatic heterocycles.